The lowest BCUT2D eigenvalue weighted by Gasteiger charge is -2.11. The van der Waals surface area contributed by atoms with Gasteiger partial charge in [-0.1, -0.05) is 24.3 Å². The van der Waals surface area contributed by atoms with E-state index in [2.05, 4.69) is 10.6 Å². The Morgan fingerprint density at radius 2 is 1.44 bits per heavy atom. The predicted octanol–water partition coefficient (Wildman–Crippen LogP) is 3.91. The highest BCUT2D eigenvalue weighted by Crippen LogP contribution is 2.19. The zero-order chi connectivity index (χ0) is 23.1. The second-order valence-electron chi connectivity index (χ2n) is 6.49. The van der Waals surface area contributed by atoms with Gasteiger partial charge in [-0.2, -0.15) is 0 Å². The average molecular weight is 432 g/mol. The van der Waals surface area contributed by atoms with Crippen LogP contribution in [-0.2, 0) is 4.79 Å². The molecule has 0 saturated carbocycles. The monoisotopic (exact) mass is 432 g/mol. The quantitative estimate of drug-likeness (QED) is 0.329. The Labute approximate surface area is 181 Å². The summed E-state index contributed by atoms with van der Waals surface area (Å²) in [5, 5.41) is 26.8. The summed E-state index contributed by atoms with van der Waals surface area (Å²) in [5.74, 6) is -1.28. The number of hydrogen-bond acceptors (Lipinski definition) is 6. The molecule has 0 fully saturated rings. The molecule has 0 aromatic heterocycles. The van der Waals surface area contributed by atoms with Gasteiger partial charge in [0.05, 0.1) is 9.85 Å². The number of benzene rings is 3. The van der Waals surface area contributed by atoms with E-state index in [-0.39, 0.29) is 22.8 Å². The molecule has 0 aliphatic carbocycles. The van der Waals surface area contributed by atoms with E-state index in [0.717, 1.165) is 0 Å². The van der Waals surface area contributed by atoms with E-state index in [1.165, 1.54) is 54.6 Å². The van der Waals surface area contributed by atoms with Gasteiger partial charge in [0.25, 0.3) is 23.2 Å². The maximum absolute atomic E-state index is 12.9. The van der Waals surface area contributed by atoms with Crippen LogP contribution in [0.25, 0.3) is 6.08 Å². The van der Waals surface area contributed by atoms with E-state index in [1.807, 2.05) is 0 Å². The summed E-state index contributed by atoms with van der Waals surface area (Å²) < 4.78 is 0. The Bertz CT molecular complexity index is 1210. The van der Waals surface area contributed by atoms with Crippen LogP contribution in [-0.4, -0.2) is 21.7 Å². The Balaban J connectivity index is 1.90. The summed E-state index contributed by atoms with van der Waals surface area (Å²) in [5.41, 5.74) is 0.403. The molecule has 10 heteroatoms. The van der Waals surface area contributed by atoms with Crippen molar-refractivity contribution >= 4 is 35.0 Å². The minimum absolute atomic E-state index is 0.127. The van der Waals surface area contributed by atoms with Gasteiger partial charge in [-0.25, -0.2) is 0 Å². The molecule has 0 aliphatic rings. The standard InChI is InChI=1S/C22H16N4O6/c27-21(16-5-2-1-3-6-16)24-20(13-15-9-11-18(12-10-15)25(29)30)22(28)23-17-7-4-8-19(14-17)26(31)32/h1-14H,(H,23,28)(H,24,27)/b20-13-. The summed E-state index contributed by atoms with van der Waals surface area (Å²) in [4.78, 5) is 46.1. The lowest BCUT2D eigenvalue weighted by atomic mass is 10.1. The second-order valence-corrected chi connectivity index (χ2v) is 6.49. The van der Waals surface area contributed by atoms with E-state index in [9.17, 15) is 29.8 Å². The molecule has 0 bridgehead atoms. The number of hydrogen-bond donors (Lipinski definition) is 2. The lowest BCUT2D eigenvalue weighted by molar-refractivity contribution is -0.385. The number of nitro benzene ring substituents is 2. The highest BCUT2D eigenvalue weighted by atomic mass is 16.6. The van der Waals surface area contributed by atoms with Crippen LogP contribution in [0.15, 0.2) is 84.6 Å². The molecule has 3 aromatic rings. The van der Waals surface area contributed by atoms with Crippen LogP contribution in [0.3, 0.4) is 0 Å². The highest BCUT2D eigenvalue weighted by molar-refractivity contribution is 6.10. The van der Waals surface area contributed by atoms with Gasteiger partial charge in [-0.05, 0) is 42.0 Å². The number of rotatable bonds is 7. The first kappa shape index (κ1) is 21.8. The number of nitrogens with one attached hydrogen (secondary N) is 2. The van der Waals surface area contributed by atoms with Crippen molar-refractivity contribution in [2.75, 3.05) is 5.32 Å². The fraction of sp³-hybridized carbons (Fsp3) is 0. The first-order chi connectivity index (χ1) is 15.3. The minimum atomic E-state index is -0.729. The van der Waals surface area contributed by atoms with Crippen molar-refractivity contribution in [2.45, 2.75) is 0 Å². The van der Waals surface area contributed by atoms with Crippen LogP contribution in [0, 0.1) is 20.2 Å². The molecule has 2 N–H and O–H groups in total. The Morgan fingerprint density at radius 1 is 0.781 bits per heavy atom. The largest absolute Gasteiger partial charge is 0.320 e. The maximum Gasteiger partial charge on any atom is 0.272 e. The molecule has 10 nitrogen and oxygen atoms in total. The number of carbonyl (C=O) groups excluding carboxylic acids is 2. The van der Waals surface area contributed by atoms with Gasteiger partial charge in [0.1, 0.15) is 5.70 Å². The van der Waals surface area contributed by atoms with Crippen molar-refractivity contribution in [2.24, 2.45) is 0 Å². The molecular weight excluding hydrogens is 416 g/mol. The van der Waals surface area contributed by atoms with Crippen molar-refractivity contribution < 1.29 is 19.4 Å². The van der Waals surface area contributed by atoms with E-state index >= 15 is 0 Å². The Morgan fingerprint density at radius 3 is 2.06 bits per heavy atom. The van der Waals surface area contributed by atoms with Crippen molar-refractivity contribution in [1.29, 1.82) is 0 Å². The smallest absolute Gasteiger partial charge is 0.272 e. The summed E-state index contributed by atoms with van der Waals surface area (Å²) in [6, 6.07) is 18.9. The Hall–Kier alpha value is -4.86. The molecule has 32 heavy (non-hydrogen) atoms. The summed E-state index contributed by atoms with van der Waals surface area (Å²) in [6.45, 7) is 0. The van der Waals surface area contributed by atoms with Crippen LogP contribution in [0.2, 0.25) is 0 Å². The van der Waals surface area contributed by atoms with E-state index in [0.29, 0.717) is 11.1 Å². The van der Waals surface area contributed by atoms with Gasteiger partial charge in [0.15, 0.2) is 0 Å². The fourth-order valence-electron chi connectivity index (χ4n) is 2.70. The van der Waals surface area contributed by atoms with Gasteiger partial charge in [0, 0.05) is 35.5 Å². The molecule has 0 aliphatic heterocycles. The molecule has 3 rings (SSSR count). The molecule has 0 atom stereocenters. The number of non-ortho nitro benzene ring substituents is 2. The van der Waals surface area contributed by atoms with Crippen LogP contribution < -0.4 is 10.6 Å². The first-order valence-corrected chi connectivity index (χ1v) is 9.22. The maximum atomic E-state index is 12.9. The van der Waals surface area contributed by atoms with Gasteiger partial charge < -0.3 is 10.6 Å². The number of nitrogens with zero attached hydrogens (tertiary/aromatic N) is 2. The van der Waals surface area contributed by atoms with Gasteiger partial charge in [-0.3, -0.25) is 29.8 Å². The van der Waals surface area contributed by atoms with Crippen molar-refractivity contribution in [3.8, 4) is 0 Å². The topological polar surface area (TPSA) is 144 Å². The van der Waals surface area contributed by atoms with Crippen LogP contribution >= 0.6 is 0 Å². The zero-order valence-electron chi connectivity index (χ0n) is 16.4. The van der Waals surface area contributed by atoms with E-state index in [1.54, 1.807) is 30.3 Å². The van der Waals surface area contributed by atoms with E-state index in [4.69, 9.17) is 0 Å². The van der Waals surface area contributed by atoms with Crippen molar-refractivity contribution in [1.82, 2.24) is 5.32 Å². The van der Waals surface area contributed by atoms with Gasteiger partial charge >= 0.3 is 0 Å². The number of anilines is 1. The highest BCUT2D eigenvalue weighted by Gasteiger charge is 2.16. The number of amides is 2. The van der Waals surface area contributed by atoms with Crippen LogP contribution in [0.5, 0.6) is 0 Å². The fourth-order valence-corrected chi connectivity index (χ4v) is 2.70. The van der Waals surface area contributed by atoms with Crippen molar-refractivity contribution in [3.05, 3.63) is 116 Å². The average Bonchev–Trinajstić information content (AvgIpc) is 2.79. The third-order valence-electron chi connectivity index (χ3n) is 4.26. The van der Waals surface area contributed by atoms with Crippen LogP contribution in [0.1, 0.15) is 15.9 Å². The lowest BCUT2D eigenvalue weighted by Crippen LogP contribution is -2.30. The zero-order valence-corrected chi connectivity index (χ0v) is 16.4. The molecule has 0 spiro atoms. The minimum Gasteiger partial charge on any atom is -0.320 e. The molecule has 0 heterocycles. The molecular formula is C22H16N4O6. The Kier molecular flexibility index (Phi) is 6.66. The normalized spacial score (nSPS) is 10.8. The molecule has 0 unspecified atom stereocenters. The summed E-state index contributed by atoms with van der Waals surface area (Å²) in [6.07, 6.45) is 1.34. The molecule has 0 saturated heterocycles. The van der Waals surface area contributed by atoms with Gasteiger partial charge in [0.2, 0.25) is 0 Å². The third-order valence-corrected chi connectivity index (χ3v) is 4.26. The molecule has 160 valence electrons. The number of carbonyl (C=O) groups is 2. The molecule has 3 aromatic carbocycles. The van der Waals surface area contributed by atoms with Crippen molar-refractivity contribution in [3.63, 3.8) is 0 Å². The van der Waals surface area contributed by atoms with E-state index < -0.39 is 21.7 Å². The SMILES string of the molecule is O=C(Nc1cccc([N+](=O)[O-])c1)/C(=C/c1ccc([N+](=O)[O-])cc1)NC(=O)c1ccccc1. The molecule has 2 amide bonds. The predicted molar refractivity (Wildman–Crippen MR) is 117 cm³/mol. The molecule has 0 radical (unpaired) electrons. The number of nitro groups is 2. The van der Waals surface area contributed by atoms with Crippen LogP contribution in [0.4, 0.5) is 17.1 Å². The summed E-state index contributed by atoms with van der Waals surface area (Å²) in [7, 11) is 0. The first-order valence-electron chi connectivity index (χ1n) is 9.22. The van der Waals surface area contributed by atoms with Gasteiger partial charge in [-0.15, -0.1) is 0 Å². The summed E-state index contributed by atoms with van der Waals surface area (Å²) >= 11 is 0. The second kappa shape index (κ2) is 9.76. The third kappa shape index (κ3) is 5.60.